The highest BCUT2D eigenvalue weighted by atomic mass is 79.9. The van der Waals surface area contributed by atoms with E-state index in [4.69, 9.17) is 17.0 Å². The number of nitrogens with one attached hydrogen (secondary N) is 3. The first-order valence-corrected chi connectivity index (χ1v) is 11.0. The molecule has 32 heavy (non-hydrogen) atoms. The minimum atomic E-state index is -0.340. The van der Waals surface area contributed by atoms with Crippen LogP contribution in [0.1, 0.15) is 22.3 Å². The second-order valence-corrected chi connectivity index (χ2v) is 8.13. The van der Waals surface area contributed by atoms with Crippen LogP contribution in [0.25, 0.3) is 0 Å². The Hall–Kier alpha value is -3.23. The number of hydrogen-bond acceptors (Lipinski definition) is 4. The normalized spacial score (nSPS) is 10.2. The van der Waals surface area contributed by atoms with E-state index in [1.165, 1.54) is 0 Å². The van der Waals surface area contributed by atoms with Gasteiger partial charge < -0.3 is 15.4 Å². The van der Waals surface area contributed by atoms with Crippen molar-refractivity contribution in [2.75, 3.05) is 17.7 Å². The third kappa shape index (κ3) is 6.90. The van der Waals surface area contributed by atoms with Gasteiger partial charge in [-0.05, 0) is 82.6 Å². The monoisotopic (exact) mass is 511 g/mol. The van der Waals surface area contributed by atoms with Crippen molar-refractivity contribution in [1.82, 2.24) is 5.32 Å². The molecule has 0 heterocycles. The number of amides is 2. The molecule has 0 aliphatic rings. The standard InChI is InChI=1S/C24H22BrN3O3S/c1-31-21-13-8-17(15-20(21)25)23(30)28-24(32)27-19-11-9-18(10-12-19)26-22(29)14-7-16-5-3-2-4-6-16/h2-6,8-13,15H,7,14H2,1H3,(H,26,29)(H2,27,28,30,32). The summed E-state index contributed by atoms with van der Waals surface area (Å²) in [6, 6.07) is 22.0. The van der Waals surface area contributed by atoms with E-state index in [2.05, 4.69) is 31.9 Å². The van der Waals surface area contributed by atoms with E-state index in [-0.39, 0.29) is 16.9 Å². The fourth-order valence-electron chi connectivity index (χ4n) is 2.91. The molecule has 3 N–H and O–H groups in total. The Bertz CT molecular complexity index is 1110. The van der Waals surface area contributed by atoms with E-state index >= 15 is 0 Å². The number of carbonyl (C=O) groups excluding carboxylic acids is 2. The SMILES string of the molecule is COc1ccc(C(=O)NC(=S)Nc2ccc(NC(=O)CCc3ccccc3)cc2)cc1Br. The molecule has 3 rings (SSSR count). The van der Waals surface area contributed by atoms with E-state index in [9.17, 15) is 9.59 Å². The predicted molar refractivity (Wildman–Crippen MR) is 134 cm³/mol. The molecule has 0 radical (unpaired) electrons. The van der Waals surface area contributed by atoms with Crippen LogP contribution < -0.4 is 20.7 Å². The summed E-state index contributed by atoms with van der Waals surface area (Å²) in [6.45, 7) is 0. The van der Waals surface area contributed by atoms with Crippen molar-refractivity contribution >= 4 is 56.4 Å². The molecule has 0 atom stereocenters. The first-order chi connectivity index (χ1) is 15.4. The number of methoxy groups -OCH3 is 1. The average molecular weight is 512 g/mol. The molecular formula is C24H22BrN3O3S. The zero-order valence-corrected chi connectivity index (χ0v) is 19.8. The van der Waals surface area contributed by atoms with Gasteiger partial charge in [0, 0.05) is 23.4 Å². The minimum absolute atomic E-state index is 0.0528. The van der Waals surface area contributed by atoms with Crippen molar-refractivity contribution in [3.8, 4) is 5.75 Å². The van der Waals surface area contributed by atoms with Gasteiger partial charge in [-0.25, -0.2) is 0 Å². The van der Waals surface area contributed by atoms with Gasteiger partial charge in [0.25, 0.3) is 5.91 Å². The summed E-state index contributed by atoms with van der Waals surface area (Å²) in [5.74, 6) is 0.241. The van der Waals surface area contributed by atoms with Gasteiger partial charge in [-0.15, -0.1) is 0 Å². The summed E-state index contributed by atoms with van der Waals surface area (Å²) >= 11 is 8.59. The van der Waals surface area contributed by atoms with Crippen molar-refractivity contribution in [3.05, 3.63) is 88.4 Å². The molecule has 0 unspecified atom stereocenters. The largest absolute Gasteiger partial charge is 0.496 e. The fourth-order valence-corrected chi connectivity index (χ4v) is 3.66. The molecule has 164 valence electrons. The number of anilines is 2. The van der Waals surface area contributed by atoms with Crippen molar-refractivity contribution < 1.29 is 14.3 Å². The Balaban J connectivity index is 1.48. The van der Waals surface area contributed by atoms with Crippen molar-refractivity contribution in [2.45, 2.75) is 12.8 Å². The number of ether oxygens (including phenoxy) is 1. The van der Waals surface area contributed by atoms with Crippen molar-refractivity contribution in [3.63, 3.8) is 0 Å². The molecule has 0 aliphatic heterocycles. The Kier molecular flexibility index (Phi) is 8.35. The molecule has 0 aliphatic carbocycles. The lowest BCUT2D eigenvalue weighted by atomic mass is 10.1. The Labute approximate surface area is 200 Å². The van der Waals surface area contributed by atoms with Crippen LogP contribution in [0.15, 0.2) is 77.3 Å². The Morgan fingerprint density at radius 2 is 1.59 bits per heavy atom. The summed E-state index contributed by atoms with van der Waals surface area (Å²) in [5, 5.41) is 8.64. The van der Waals surface area contributed by atoms with Gasteiger partial charge in [-0.3, -0.25) is 14.9 Å². The zero-order valence-electron chi connectivity index (χ0n) is 17.4. The van der Waals surface area contributed by atoms with Crippen LogP contribution in [-0.4, -0.2) is 24.0 Å². The number of benzene rings is 3. The summed E-state index contributed by atoms with van der Waals surface area (Å²) in [7, 11) is 1.56. The van der Waals surface area contributed by atoms with Gasteiger partial charge in [0.2, 0.25) is 5.91 Å². The molecular weight excluding hydrogens is 490 g/mol. The van der Waals surface area contributed by atoms with Gasteiger partial charge in [0.15, 0.2) is 5.11 Å². The van der Waals surface area contributed by atoms with Crippen LogP contribution in [0.3, 0.4) is 0 Å². The van der Waals surface area contributed by atoms with Crippen molar-refractivity contribution in [1.29, 1.82) is 0 Å². The van der Waals surface area contributed by atoms with Crippen LogP contribution in [0.4, 0.5) is 11.4 Å². The second kappa shape index (κ2) is 11.4. The molecule has 6 nitrogen and oxygen atoms in total. The lowest BCUT2D eigenvalue weighted by Gasteiger charge is -2.11. The van der Waals surface area contributed by atoms with Crippen LogP contribution >= 0.6 is 28.1 Å². The van der Waals surface area contributed by atoms with Crippen LogP contribution in [0.2, 0.25) is 0 Å². The molecule has 0 saturated carbocycles. The summed E-state index contributed by atoms with van der Waals surface area (Å²) in [6.07, 6.45) is 1.09. The quantitative estimate of drug-likeness (QED) is 0.382. The second-order valence-electron chi connectivity index (χ2n) is 6.87. The third-order valence-electron chi connectivity index (χ3n) is 4.55. The van der Waals surface area contributed by atoms with Gasteiger partial charge in [-0.1, -0.05) is 30.3 Å². The number of thiocarbonyl (C=S) groups is 1. The van der Waals surface area contributed by atoms with E-state index in [0.717, 1.165) is 5.56 Å². The number of aryl methyl sites for hydroxylation is 1. The summed E-state index contributed by atoms with van der Waals surface area (Å²) < 4.78 is 5.84. The number of halogens is 1. The van der Waals surface area contributed by atoms with Crippen molar-refractivity contribution in [2.24, 2.45) is 0 Å². The average Bonchev–Trinajstić information content (AvgIpc) is 2.79. The summed E-state index contributed by atoms with van der Waals surface area (Å²) in [5.41, 5.74) is 2.94. The molecule has 3 aromatic carbocycles. The van der Waals surface area contributed by atoms with Gasteiger partial charge in [0.05, 0.1) is 11.6 Å². The van der Waals surface area contributed by atoms with E-state index in [1.807, 2.05) is 30.3 Å². The Morgan fingerprint density at radius 1 is 0.938 bits per heavy atom. The summed E-state index contributed by atoms with van der Waals surface area (Å²) in [4.78, 5) is 24.6. The van der Waals surface area contributed by atoms with E-state index in [0.29, 0.717) is 40.0 Å². The first kappa shape index (κ1) is 23.4. The smallest absolute Gasteiger partial charge is 0.257 e. The molecule has 0 saturated heterocycles. The van der Waals surface area contributed by atoms with Gasteiger partial charge >= 0.3 is 0 Å². The fraction of sp³-hybridized carbons (Fsp3) is 0.125. The van der Waals surface area contributed by atoms with E-state index in [1.54, 1.807) is 49.6 Å². The first-order valence-electron chi connectivity index (χ1n) is 9.84. The van der Waals surface area contributed by atoms with Crippen LogP contribution in [0, 0.1) is 0 Å². The van der Waals surface area contributed by atoms with Gasteiger partial charge in [-0.2, -0.15) is 0 Å². The maximum Gasteiger partial charge on any atom is 0.257 e. The number of hydrogen-bond donors (Lipinski definition) is 3. The molecule has 0 spiro atoms. The zero-order chi connectivity index (χ0) is 22.9. The lowest BCUT2D eigenvalue weighted by molar-refractivity contribution is -0.116. The molecule has 0 aromatic heterocycles. The molecule has 3 aromatic rings. The molecule has 8 heteroatoms. The topological polar surface area (TPSA) is 79.5 Å². The highest BCUT2D eigenvalue weighted by molar-refractivity contribution is 9.10. The number of carbonyl (C=O) groups is 2. The minimum Gasteiger partial charge on any atom is -0.496 e. The third-order valence-corrected chi connectivity index (χ3v) is 5.37. The molecule has 0 fully saturated rings. The van der Waals surface area contributed by atoms with Crippen LogP contribution in [0.5, 0.6) is 5.75 Å². The molecule has 2 amide bonds. The lowest BCUT2D eigenvalue weighted by Crippen LogP contribution is -2.34. The Morgan fingerprint density at radius 3 is 2.22 bits per heavy atom. The maximum atomic E-state index is 12.4. The van der Waals surface area contributed by atoms with Crippen LogP contribution in [-0.2, 0) is 11.2 Å². The van der Waals surface area contributed by atoms with Gasteiger partial charge in [0.1, 0.15) is 5.75 Å². The highest BCUT2D eigenvalue weighted by Crippen LogP contribution is 2.25. The maximum absolute atomic E-state index is 12.4. The molecule has 0 bridgehead atoms. The number of rotatable bonds is 7. The van der Waals surface area contributed by atoms with E-state index < -0.39 is 0 Å². The predicted octanol–water partition coefficient (Wildman–Crippen LogP) is 5.16. The highest BCUT2D eigenvalue weighted by Gasteiger charge is 2.11.